The van der Waals surface area contributed by atoms with E-state index in [-0.39, 0.29) is 11.7 Å². The van der Waals surface area contributed by atoms with Gasteiger partial charge in [0.05, 0.1) is 6.54 Å². The average Bonchev–Trinajstić information content (AvgIpc) is 2.34. The Kier molecular flexibility index (Phi) is 4.31. The van der Waals surface area contributed by atoms with Gasteiger partial charge in [0.2, 0.25) is 5.91 Å². The van der Waals surface area contributed by atoms with Crippen molar-refractivity contribution in [3.05, 3.63) is 35.6 Å². The SMILES string of the molecule is NC(=O)CN1CCC(Cc2ccccc2F)CC1. The van der Waals surface area contributed by atoms with E-state index in [0.29, 0.717) is 12.5 Å². The molecule has 98 valence electrons. The van der Waals surface area contributed by atoms with E-state index in [0.717, 1.165) is 37.9 Å². The monoisotopic (exact) mass is 250 g/mol. The Morgan fingerprint density at radius 3 is 2.61 bits per heavy atom. The highest BCUT2D eigenvalue weighted by Gasteiger charge is 2.21. The quantitative estimate of drug-likeness (QED) is 0.881. The lowest BCUT2D eigenvalue weighted by atomic mass is 9.90. The number of primary amides is 1. The molecule has 0 radical (unpaired) electrons. The van der Waals surface area contributed by atoms with Crippen LogP contribution in [0.2, 0.25) is 0 Å². The van der Waals surface area contributed by atoms with E-state index < -0.39 is 0 Å². The molecule has 1 aromatic rings. The van der Waals surface area contributed by atoms with Gasteiger partial charge in [-0.1, -0.05) is 18.2 Å². The van der Waals surface area contributed by atoms with E-state index in [9.17, 15) is 9.18 Å². The molecule has 1 fully saturated rings. The third-order valence-electron chi connectivity index (χ3n) is 3.55. The van der Waals surface area contributed by atoms with Crippen LogP contribution in [0.25, 0.3) is 0 Å². The highest BCUT2D eigenvalue weighted by molar-refractivity contribution is 5.75. The lowest BCUT2D eigenvalue weighted by Crippen LogP contribution is -2.39. The van der Waals surface area contributed by atoms with Crippen LogP contribution < -0.4 is 5.73 Å². The molecule has 0 bridgehead atoms. The van der Waals surface area contributed by atoms with Gasteiger partial charge in [0.25, 0.3) is 0 Å². The first-order chi connectivity index (χ1) is 8.65. The Bertz CT molecular complexity index is 414. The zero-order valence-corrected chi connectivity index (χ0v) is 10.4. The van der Waals surface area contributed by atoms with E-state index in [1.807, 2.05) is 12.1 Å². The summed E-state index contributed by atoms with van der Waals surface area (Å²) in [6.07, 6.45) is 2.79. The lowest BCUT2D eigenvalue weighted by molar-refractivity contribution is -0.119. The Hall–Kier alpha value is -1.42. The first-order valence-corrected chi connectivity index (χ1v) is 6.39. The summed E-state index contributed by atoms with van der Waals surface area (Å²) in [5, 5.41) is 0. The molecule has 3 nitrogen and oxygen atoms in total. The smallest absolute Gasteiger partial charge is 0.231 e. The molecule has 1 aliphatic rings. The number of hydrogen-bond donors (Lipinski definition) is 1. The second-order valence-electron chi connectivity index (χ2n) is 4.98. The van der Waals surface area contributed by atoms with Crippen LogP contribution in [0.4, 0.5) is 4.39 Å². The number of benzene rings is 1. The summed E-state index contributed by atoms with van der Waals surface area (Å²) in [6, 6.07) is 6.96. The van der Waals surface area contributed by atoms with Gasteiger partial charge in [-0.2, -0.15) is 0 Å². The van der Waals surface area contributed by atoms with E-state index in [4.69, 9.17) is 5.73 Å². The van der Waals surface area contributed by atoms with Gasteiger partial charge in [0.1, 0.15) is 5.82 Å². The van der Waals surface area contributed by atoms with Gasteiger partial charge in [-0.05, 0) is 49.9 Å². The van der Waals surface area contributed by atoms with Crippen molar-refractivity contribution in [2.75, 3.05) is 19.6 Å². The first-order valence-electron chi connectivity index (χ1n) is 6.39. The summed E-state index contributed by atoms with van der Waals surface area (Å²) in [5.74, 6) is 0.116. The first kappa shape index (κ1) is 13.0. The number of carbonyl (C=O) groups excluding carboxylic acids is 1. The third kappa shape index (κ3) is 3.53. The Morgan fingerprint density at radius 1 is 1.33 bits per heavy atom. The van der Waals surface area contributed by atoms with Crippen LogP contribution in [0.1, 0.15) is 18.4 Å². The normalized spacial score (nSPS) is 17.8. The Balaban J connectivity index is 1.84. The summed E-state index contributed by atoms with van der Waals surface area (Å²) in [5.41, 5.74) is 5.97. The molecule has 1 aromatic carbocycles. The maximum atomic E-state index is 13.5. The van der Waals surface area contributed by atoms with Crippen LogP contribution in [0, 0.1) is 11.7 Å². The van der Waals surface area contributed by atoms with Gasteiger partial charge < -0.3 is 5.73 Å². The molecular weight excluding hydrogens is 231 g/mol. The molecule has 1 heterocycles. The molecular formula is C14H19FN2O. The fraction of sp³-hybridized carbons (Fsp3) is 0.500. The molecule has 0 aliphatic carbocycles. The predicted octanol–water partition coefficient (Wildman–Crippen LogP) is 1.57. The molecule has 0 atom stereocenters. The number of nitrogens with zero attached hydrogens (tertiary/aromatic N) is 1. The third-order valence-corrected chi connectivity index (χ3v) is 3.55. The molecule has 2 N–H and O–H groups in total. The molecule has 0 unspecified atom stereocenters. The zero-order chi connectivity index (χ0) is 13.0. The molecule has 4 heteroatoms. The van der Waals surface area contributed by atoms with Crippen molar-refractivity contribution in [3.8, 4) is 0 Å². The van der Waals surface area contributed by atoms with E-state index >= 15 is 0 Å². The number of rotatable bonds is 4. The number of amides is 1. The lowest BCUT2D eigenvalue weighted by Gasteiger charge is -2.31. The summed E-state index contributed by atoms with van der Waals surface area (Å²) < 4.78 is 13.5. The number of halogens is 1. The maximum Gasteiger partial charge on any atom is 0.231 e. The van der Waals surface area contributed by atoms with E-state index in [1.54, 1.807) is 6.07 Å². The van der Waals surface area contributed by atoms with Gasteiger partial charge in [-0.15, -0.1) is 0 Å². The maximum absolute atomic E-state index is 13.5. The van der Waals surface area contributed by atoms with Crippen molar-refractivity contribution in [1.82, 2.24) is 4.90 Å². The standard InChI is InChI=1S/C14H19FN2O/c15-13-4-2-1-3-12(13)9-11-5-7-17(8-6-11)10-14(16)18/h1-4,11H,5-10H2,(H2,16,18). The molecule has 1 amide bonds. The van der Waals surface area contributed by atoms with Gasteiger partial charge in [-0.25, -0.2) is 4.39 Å². The van der Waals surface area contributed by atoms with Crippen LogP contribution in [0.5, 0.6) is 0 Å². The second kappa shape index (κ2) is 5.96. The van der Waals surface area contributed by atoms with Crippen molar-refractivity contribution >= 4 is 5.91 Å². The van der Waals surface area contributed by atoms with E-state index in [2.05, 4.69) is 4.90 Å². The van der Waals surface area contributed by atoms with Crippen molar-refractivity contribution in [2.24, 2.45) is 11.7 Å². The number of piperidine rings is 1. The van der Waals surface area contributed by atoms with Gasteiger partial charge in [-0.3, -0.25) is 9.69 Å². The largest absolute Gasteiger partial charge is 0.369 e. The van der Waals surface area contributed by atoms with Gasteiger partial charge in [0.15, 0.2) is 0 Å². The molecule has 1 aliphatic heterocycles. The van der Waals surface area contributed by atoms with E-state index in [1.165, 1.54) is 6.07 Å². The van der Waals surface area contributed by atoms with Crippen LogP contribution >= 0.6 is 0 Å². The van der Waals surface area contributed by atoms with Crippen LogP contribution in [0.3, 0.4) is 0 Å². The van der Waals surface area contributed by atoms with Crippen LogP contribution in [-0.4, -0.2) is 30.4 Å². The minimum absolute atomic E-state index is 0.114. The summed E-state index contributed by atoms with van der Waals surface area (Å²) in [6.45, 7) is 2.09. The fourth-order valence-corrected chi connectivity index (χ4v) is 2.54. The van der Waals surface area contributed by atoms with Crippen molar-refractivity contribution in [2.45, 2.75) is 19.3 Å². The predicted molar refractivity (Wildman–Crippen MR) is 68.5 cm³/mol. The number of nitrogens with two attached hydrogens (primary N) is 1. The van der Waals surface area contributed by atoms with Crippen molar-refractivity contribution < 1.29 is 9.18 Å². The topological polar surface area (TPSA) is 46.3 Å². The molecule has 0 spiro atoms. The number of likely N-dealkylation sites (tertiary alicyclic amines) is 1. The second-order valence-corrected chi connectivity index (χ2v) is 4.98. The minimum atomic E-state index is -0.275. The van der Waals surface area contributed by atoms with Crippen molar-refractivity contribution in [1.29, 1.82) is 0 Å². The van der Waals surface area contributed by atoms with Gasteiger partial charge in [0, 0.05) is 0 Å². The summed E-state index contributed by atoms with van der Waals surface area (Å²) in [7, 11) is 0. The van der Waals surface area contributed by atoms with Gasteiger partial charge >= 0.3 is 0 Å². The summed E-state index contributed by atoms with van der Waals surface area (Å²) >= 11 is 0. The van der Waals surface area contributed by atoms with Crippen LogP contribution in [0.15, 0.2) is 24.3 Å². The zero-order valence-electron chi connectivity index (χ0n) is 10.4. The molecule has 2 rings (SSSR count). The fourth-order valence-electron chi connectivity index (χ4n) is 2.54. The molecule has 1 saturated heterocycles. The number of carbonyl (C=O) groups is 1. The Morgan fingerprint density at radius 2 is 2.00 bits per heavy atom. The molecule has 18 heavy (non-hydrogen) atoms. The minimum Gasteiger partial charge on any atom is -0.369 e. The highest BCUT2D eigenvalue weighted by Crippen LogP contribution is 2.22. The number of hydrogen-bond acceptors (Lipinski definition) is 2. The van der Waals surface area contributed by atoms with Crippen molar-refractivity contribution in [3.63, 3.8) is 0 Å². The summed E-state index contributed by atoms with van der Waals surface area (Å²) in [4.78, 5) is 12.9. The average molecular weight is 250 g/mol. The highest BCUT2D eigenvalue weighted by atomic mass is 19.1. The molecule has 0 aromatic heterocycles. The molecule has 0 saturated carbocycles. The van der Waals surface area contributed by atoms with Crippen LogP contribution in [-0.2, 0) is 11.2 Å². The Labute approximate surface area is 107 Å².